The predicted octanol–water partition coefficient (Wildman–Crippen LogP) is 4.77. The van der Waals surface area contributed by atoms with Gasteiger partial charge in [-0.05, 0) is 54.8 Å². The van der Waals surface area contributed by atoms with Crippen molar-refractivity contribution in [2.75, 3.05) is 13.7 Å². The number of methoxy groups -OCH3 is 1. The molecule has 1 heterocycles. The summed E-state index contributed by atoms with van der Waals surface area (Å²) in [6.45, 7) is 5.02. The van der Waals surface area contributed by atoms with E-state index in [-0.39, 0.29) is 23.2 Å². The van der Waals surface area contributed by atoms with Crippen molar-refractivity contribution in [1.29, 1.82) is 0 Å². The van der Waals surface area contributed by atoms with Crippen LogP contribution in [0.2, 0.25) is 5.02 Å². The number of amides is 1. The Bertz CT molecular complexity index is 1310. The van der Waals surface area contributed by atoms with Crippen LogP contribution in [-0.4, -0.2) is 46.4 Å². The van der Waals surface area contributed by atoms with Gasteiger partial charge in [-0.1, -0.05) is 31.5 Å². The molecule has 0 aliphatic carbocycles. The molecule has 3 rings (SSSR count). The third kappa shape index (κ3) is 6.66. The molecular weight excluding hydrogens is 513 g/mol. The molecule has 1 aromatic heterocycles. The summed E-state index contributed by atoms with van der Waals surface area (Å²) in [4.78, 5) is 35.4. The largest absolute Gasteiger partial charge is 0.493 e. The van der Waals surface area contributed by atoms with Crippen LogP contribution in [0.1, 0.15) is 26.3 Å². The number of H-pyrrole nitrogens is 1. The summed E-state index contributed by atoms with van der Waals surface area (Å²) in [5, 5.41) is 2.45. The Kier molecular flexibility index (Phi) is 8.60. The molecule has 0 aliphatic rings. The van der Waals surface area contributed by atoms with Crippen LogP contribution >= 0.6 is 11.6 Å². The van der Waals surface area contributed by atoms with E-state index < -0.39 is 23.4 Å². The van der Waals surface area contributed by atoms with E-state index in [9.17, 15) is 22.8 Å². The summed E-state index contributed by atoms with van der Waals surface area (Å²) in [6, 6.07) is 11.4. The van der Waals surface area contributed by atoms with Crippen LogP contribution in [0, 0.1) is 5.92 Å². The van der Waals surface area contributed by atoms with E-state index in [4.69, 9.17) is 16.3 Å². The SMILES string of the molecule is COC(C)(C(=O)NCc1ccc(Cl)c(-c2nc(-c3ccc(OCC(C)C)cc3)nc(=O)[nH]2)c1)C(F)(F)F. The first-order valence-electron chi connectivity index (χ1n) is 11.2. The zero-order valence-electron chi connectivity index (χ0n) is 20.6. The molecule has 2 aromatic carbocycles. The number of nitrogens with zero attached hydrogens (tertiary/aromatic N) is 2. The normalized spacial score (nSPS) is 13.3. The van der Waals surface area contributed by atoms with Crippen LogP contribution in [0.4, 0.5) is 13.2 Å². The molecule has 0 aliphatic heterocycles. The van der Waals surface area contributed by atoms with E-state index in [0.717, 1.165) is 7.11 Å². The van der Waals surface area contributed by atoms with Gasteiger partial charge in [0.05, 0.1) is 11.6 Å². The van der Waals surface area contributed by atoms with Crippen molar-refractivity contribution in [2.24, 2.45) is 5.92 Å². The van der Waals surface area contributed by atoms with Crippen LogP contribution < -0.4 is 15.7 Å². The quantitative estimate of drug-likeness (QED) is 0.406. The molecule has 8 nitrogen and oxygen atoms in total. The number of halogens is 4. The van der Waals surface area contributed by atoms with Crippen LogP contribution in [0.15, 0.2) is 47.3 Å². The fourth-order valence-corrected chi connectivity index (χ4v) is 3.36. The maximum absolute atomic E-state index is 13.3. The van der Waals surface area contributed by atoms with Crippen molar-refractivity contribution in [3.8, 4) is 28.5 Å². The van der Waals surface area contributed by atoms with Gasteiger partial charge in [-0.15, -0.1) is 0 Å². The molecule has 0 bridgehead atoms. The van der Waals surface area contributed by atoms with Crippen LogP contribution in [0.5, 0.6) is 5.75 Å². The highest BCUT2D eigenvalue weighted by Gasteiger charge is 2.57. The number of nitrogens with one attached hydrogen (secondary N) is 2. The number of benzene rings is 2. The molecule has 2 N–H and O–H groups in total. The average molecular weight is 539 g/mol. The molecule has 1 unspecified atom stereocenters. The zero-order chi connectivity index (χ0) is 27.4. The first-order valence-corrected chi connectivity index (χ1v) is 11.6. The van der Waals surface area contributed by atoms with Crippen LogP contribution in [0.25, 0.3) is 22.8 Å². The molecule has 37 heavy (non-hydrogen) atoms. The Morgan fingerprint density at radius 3 is 2.41 bits per heavy atom. The lowest BCUT2D eigenvalue weighted by atomic mass is 10.0. The van der Waals surface area contributed by atoms with E-state index in [1.54, 1.807) is 24.3 Å². The number of rotatable bonds is 9. The van der Waals surface area contributed by atoms with E-state index >= 15 is 0 Å². The average Bonchev–Trinajstić information content (AvgIpc) is 2.85. The summed E-state index contributed by atoms with van der Waals surface area (Å²) in [7, 11) is 0.808. The molecule has 198 valence electrons. The maximum Gasteiger partial charge on any atom is 0.426 e. The third-order valence-electron chi connectivity index (χ3n) is 5.47. The highest BCUT2D eigenvalue weighted by atomic mass is 35.5. The Balaban J connectivity index is 1.85. The van der Waals surface area contributed by atoms with Gasteiger partial charge < -0.3 is 14.8 Å². The second-order valence-electron chi connectivity index (χ2n) is 8.79. The molecule has 1 amide bonds. The third-order valence-corrected chi connectivity index (χ3v) is 5.80. The molecule has 0 saturated heterocycles. The minimum atomic E-state index is -4.91. The summed E-state index contributed by atoms with van der Waals surface area (Å²) >= 11 is 6.32. The zero-order valence-corrected chi connectivity index (χ0v) is 21.3. The number of hydrogen-bond donors (Lipinski definition) is 2. The van der Waals surface area contributed by atoms with Gasteiger partial charge in [-0.3, -0.25) is 9.78 Å². The molecule has 0 spiro atoms. The first kappa shape index (κ1) is 28.1. The van der Waals surface area contributed by atoms with Gasteiger partial charge in [0, 0.05) is 24.8 Å². The number of aromatic amines is 1. The Labute approximate surface area is 216 Å². The van der Waals surface area contributed by atoms with Crippen LogP contribution in [-0.2, 0) is 16.1 Å². The van der Waals surface area contributed by atoms with Gasteiger partial charge >= 0.3 is 11.9 Å². The number of carbonyl (C=O) groups is 1. The predicted molar refractivity (Wildman–Crippen MR) is 132 cm³/mol. The fourth-order valence-electron chi connectivity index (χ4n) is 3.16. The monoisotopic (exact) mass is 538 g/mol. The number of carbonyl (C=O) groups excluding carboxylic acids is 1. The summed E-state index contributed by atoms with van der Waals surface area (Å²) in [5.74, 6) is -0.0792. The number of aromatic nitrogens is 3. The highest BCUT2D eigenvalue weighted by Crippen LogP contribution is 2.33. The minimum Gasteiger partial charge on any atom is -0.493 e. The lowest BCUT2D eigenvalue weighted by molar-refractivity contribution is -0.253. The Morgan fingerprint density at radius 2 is 1.81 bits per heavy atom. The first-order chi connectivity index (χ1) is 17.3. The van der Waals surface area contributed by atoms with Crippen molar-refractivity contribution < 1.29 is 27.4 Å². The Hall–Kier alpha value is -3.44. The highest BCUT2D eigenvalue weighted by molar-refractivity contribution is 6.33. The van der Waals surface area contributed by atoms with Crippen molar-refractivity contribution in [3.63, 3.8) is 0 Å². The van der Waals surface area contributed by atoms with Gasteiger partial charge in [0.2, 0.25) is 5.60 Å². The maximum atomic E-state index is 13.3. The van der Waals surface area contributed by atoms with E-state index in [0.29, 0.717) is 41.9 Å². The van der Waals surface area contributed by atoms with Crippen molar-refractivity contribution in [2.45, 2.75) is 39.1 Å². The molecule has 1 atom stereocenters. The second kappa shape index (κ2) is 11.3. The molecule has 12 heteroatoms. The molecule has 0 saturated carbocycles. The van der Waals surface area contributed by atoms with E-state index in [1.807, 2.05) is 13.8 Å². The van der Waals surface area contributed by atoms with Gasteiger partial charge in [0.25, 0.3) is 5.91 Å². The summed E-state index contributed by atoms with van der Waals surface area (Å²) in [6.07, 6.45) is -4.91. The van der Waals surface area contributed by atoms with Gasteiger partial charge in [0.15, 0.2) is 5.82 Å². The molecule has 0 fully saturated rings. The van der Waals surface area contributed by atoms with E-state index in [2.05, 4.69) is 25.0 Å². The fraction of sp³-hybridized carbons (Fsp3) is 0.360. The minimum absolute atomic E-state index is 0.102. The lowest BCUT2D eigenvalue weighted by Crippen LogP contribution is -2.55. The van der Waals surface area contributed by atoms with Crippen molar-refractivity contribution >= 4 is 17.5 Å². The van der Waals surface area contributed by atoms with Crippen molar-refractivity contribution in [1.82, 2.24) is 20.3 Å². The Morgan fingerprint density at radius 1 is 1.14 bits per heavy atom. The standard InChI is InChI=1S/C25H26ClF3N4O4/c1-14(2)13-37-17-8-6-16(7-9-17)20-31-21(33-23(35)32-20)18-11-15(5-10-19(18)26)12-30-22(34)24(3,36-4)25(27,28)29/h5-11,14H,12-13H2,1-4H3,(H,30,34)(H,31,32,33,35). The van der Waals surface area contributed by atoms with Gasteiger partial charge in [0.1, 0.15) is 11.6 Å². The molecule has 3 aromatic rings. The molecular formula is C25H26ClF3N4O4. The van der Waals surface area contributed by atoms with Crippen molar-refractivity contribution in [3.05, 3.63) is 63.5 Å². The smallest absolute Gasteiger partial charge is 0.426 e. The molecule has 0 radical (unpaired) electrons. The van der Waals surface area contributed by atoms with Gasteiger partial charge in [-0.25, -0.2) is 9.78 Å². The second-order valence-corrected chi connectivity index (χ2v) is 9.19. The van der Waals surface area contributed by atoms with Gasteiger partial charge in [-0.2, -0.15) is 18.2 Å². The summed E-state index contributed by atoms with van der Waals surface area (Å²) in [5.41, 5.74) is -2.40. The van der Waals surface area contributed by atoms with Crippen LogP contribution in [0.3, 0.4) is 0 Å². The number of ether oxygens (including phenoxy) is 2. The number of hydrogen-bond acceptors (Lipinski definition) is 6. The number of alkyl halides is 3. The summed E-state index contributed by atoms with van der Waals surface area (Å²) < 4.78 is 49.9. The lowest BCUT2D eigenvalue weighted by Gasteiger charge is -2.29. The topological polar surface area (TPSA) is 106 Å². The van der Waals surface area contributed by atoms with E-state index in [1.165, 1.54) is 18.2 Å².